The molecule has 26 heavy (non-hydrogen) atoms. The molecule has 3 N–H and O–H groups in total. The van der Waals surface area contributed by atoms with Gasteiger partial charge in [0.05, 0.1) is 6.61 Å². The summed E-state index contributed by atoms with van der Waals surface area (Å²) in [5.41, 5.74) is 5.07. The number of amides is 2. The number of hydrazine groups is 1. The topological polar surface area (TPSA) is 106 Å². The molecule has 0 bridgehead atoms. The van der Waals surface area contributed by atoms with Crippen LogP contribution in [0, 0.1) is 0 Å². The lowest BCUT2D eigenvalue weighted by atomic mass is 10.2. The van der Waals surface area contributed by atoms with E-state index in [0.29, 0.717) is 17.9 Å². The summed E-state index contributed by atoms with van der Waals surface area (Å²) in [4.78, 5) is 34.6. The Kier molecular flexibility index (Phi) is 9.12. The second-order valence-corrected chi connectivity index (χ2v) is 5.02. The van der Waals surface area contributed by atoms with E-state index in [1.54, 1.807) is 37.3 Å². The monoisotopic (exact) mass is 377 g/mol. The smallest absolute Gasteiger partial charge is 0.330 e. The number of esters is 1. The van der Waals surface area contributed by atoms with Crippen molar-refractivity contribution in [2.24, 2.45) is 0 Å². The summed E-state index contributed by atoms with van der Waals surface area (Å²) in [6.07, 6.45) is 3.55. The summed E-state index contributed by atoms with van der Waals surface area (Å²) in [6.45, 7) is 5.77. The predicted octanol–water partition coefficient (Wildman–Crippen LogP) is 1.01. The Balaban J connectivity index is 2.41. The molecule has 0 aliphatic heterocycles. The summed E-state index contributed by atoms with van der Waals surface area (Å²) in [7, 11) is 0. The number of thiocarbonyl (C=S) groups is 1. The maximum absolute atomic E-state index is 12.0. The molecule has 9 heteroatoms. The van der Waals surface area contributed by atoms with Crippen LogP contribution in [0.4, 0.5) is 0 Å². The lowest BCUT2D eigenvalue weighted by molar-refractivity contribution is -0.137. The SMILES string of the molecule is C=CCOc1ccc(C(=O)NNC(=S)NC(=O)C=CC(=O)OCC)cc1. The first kappa shape index (κ1) is 20.8. The van der Waals surface area contributed by atoms with Gasteiger partial charge in [-0.05, 0) is 43.4 Å². The first-order valence-corrected chi connectivity index (χ1v) is 7.97. The van der Waals surface area contributed by atoms with Crippen LogP contribution in [0.3, 0.4) is 0 Å². The van der Waals surface area contributed by atoms with Crippen LogP contribution in [0.5, 0.6) is 5.75 Å². The van der Waals surface area contributed by atoms with Gasteiger partial charge in [-0.25, -0.2) is 4.79 Å². The van der Waals surface area contributed by atoms with Crippen LogP contribution in [0.15, 0.2) is 49.1 Å². The standard InChI is InChI=1S/C17H19N3O5S/c1-3-11-25-13-7-5-12(6-8-13)16(23)19-20-17(26)18-14(21)9-10-15(22)24-4-2/h3,5-10H,1,4,11H2,2H3,(H,19,23)(H2,18,20,21,26). The average Bonchev–Trinajstić information content (AvgIpc) is 2.63. The van der Waals surface area contributed by atoms with Crippen molar-refractivity contribution in [1.82, 2.24) is 16.2 Å². The Morgan fingerprint density at radius 3 is 2.46 bits per heavy atom. The van der Waals surface area contributed by atoms with Crippen LogP contribution in [0.1, 0.15) is 17.3 Å². The molecular weight excluding hydrogens is 358 g/mol. The van der Waals surface area contributed by atoms with Gasteiger partial charge in [0.1, 0.15) is 12.4 Å². The second kappa shape index (κ2) is 11.4. The minimum absolute atomic E-state index is 0.136. The summed E-state index contributed by atoms with van der Waals surface area (Å²) >= 11 is 4.86. The molecule has 0 aliphatic rings. The largest absolute Gasteiger partial charge is 0.490 e. The number of hydrogen-bond acceptors (Lipinski definition) is 6. The van der Waals surface area contributed by atoms with Crippen molar-refractivity contribution in [2.45, 2.75) is 6.92 Å². The number of nitrogens with one attached hydrogen (secondary N) is 3. The van der Waals surface area contributed by atoms with E-state index < -0.39 is 17.8 Å². The van der Waals surface area contributed by atoms with Crippen LogP contribution in [0.2, 0.25) is 0 Å². The van der Waals surface area contributed by atoms with Gasteiger partial charge in [-0.15, -0.1) is 0 Å². The molecule has 1 aromatic carbocycles. The predicted molar refractivity (Wildman–Crippen MR) is 99.2 cm³/mol. The Morgan fingerprint density at radius 1 is 1.15 bits per heavy atom. The Labute approximate surface area is 156 Å². The fourth-order valence-corrected chi connectivity index (χ4v) is 1.71. The third-order valence-corrected chi connectivity index (χ3v) is 2.87. The van der Waals surface area contributed by atoms with Crippen molar-refractivity contribution in [3.63, 3.8) is 0 Å². The van der Waals surface area contributed by atoms with Gasteiger partial charge in [-0.1, -0.05) is 12.7 Å². The van der Waals surface area contributed by atoms with Crippen molar-refractivity contribution in [3.8, 4) is 5.75 Å². The summed E-state index contributed by atoms with van der Waals surface area (Å²) in [5.74, 6) is -1.15. The molecule has 0 spiro atoms. The molecule has 138 valence electrons. The molecule has 1 rings (SSSR count). The zero-order valence-corrected chi connectivity index (χ0v) is 14.9. The van der Waals surface area contributed by atoms with Gasteiger partial charge >= 0.3 is 5.97 Å². The van der Waals surface area contributed by atoms with E-state index in [1.807, 2.05) is 0 Å². The Morgan fingerprint density at radius 2 is 1.85 bits per heavy atom. The number of rotatable bonds is 7. The zero-order chi connectivity index (χ0) is 19.4. The van der Waals surface area contributed by atoms with Crippen LogP contribution in [0.25, 0.3) is 0 Å². The highest BCUT2D eigenvalue weighted by molar-refractivity contribution is 7.80. The second-order valence-electron chi connectivity index (χ2n) is 4.61. The van der Waals surface area contributed by atoms with Gasteiger partial charge in [0, 0.05) is 17.7 Å². The lowest BCUT2D eigenvalue weighted by Crippen LogP contribution is -2.48. The molecule has 0 aromatic heterocycles. The molecular formula is C17H19N3O5S. The van der Waals surface area contributed by atoms with Gasteiger partial charge in [0.15, 0.2) is 5.11 Å². The normalized spacial score (nSPS) is 9.88. The van der Waals surface area contributed by atoms with E-state index in [2.05, 4.69) is 27.5 Å². The number of carbonyl (C=O) groups is 3. The molecule has 0 heterocycles. The third-order valence-electron chi connectivity index (χ3n) is 2.67. The summed E-state index contributed by atoms with van der Waals surface area (Å²) in [5, 5.41) is 2.12. The van der Waals surface area contributed by atoms with E-state index in [9.17, 15) is 14.4 Å². The lowest BCUT2D eigenvalue weighted by Gasteiger charge is -2.10. The fourth-order valence-electron chi connectivity index (χ4n) is 1.56. The highest BCUT2D eigenvalue weighted by Crippen LogP contribution is 2.11. The molecule has 8 nitrogen and oxygen atoms in total. The molecule has 0 fully saturated rings. The van der Waals surface area contributed by atoms with Crippen LogP contribution < -0.4 is 20.9 Å². The first-order valence-electron chi connectivity index (χ1n) is 7.56. The molecule has 0 saturated carbocycles. The summed E-state index contributed by atoms with van der Waals surface area (Å²) < 4.78 is 9.94. The van der Waals surface area contributed by atoms with Crippen LogP contribution in [-0.2, 0) is 14.3 Å². The van der Waals surface area contributed by atoms with Crippen molar-refractivity contribution in [1.29, 1.82) is 0 Å². The van der Waals surface area contributed by atoms with Crippen molar-refractivity contribution in [3.05, 3.63) is 54.6 Å². The average molecular weight is 377 g/mol. The minimum Gasteiger partial charge on any atom is -0.490 e. The molecule has 0 aliphatic carbocycles. The van der Waals surface area contributed by atoms with Gasteiger partial charge in [0.25, 0.3) is 5.91 Å². The molecule has 0 radical (unpaired) electrons. The maximum atomic E-state index is 12.0. The minimum atomic E-state index is -0.645. The van der Waals surface area contributed by atoms with Crippen molar-refractivity contribution >= 4 is 35.1 Å². The highest BCUT2D eigenvalue weighted by atomic mass is 32.1. The first-order chi connectivity index (χ1) is 12.5. The Hall–Kier alpha value is -3.20. The Bertz CT molecular complexity index is 701. The number of carbonyl (C=O) groups excluding carboxylic acids is 3. The van der Waals surface area contributed by atoms with Gasteiger partial charge in [0.2, 0.25) is 5.91 Å². The molecule has 0 atom stereocenters. The fraction of sp³-hybridized carbons (Fsp3) is 0.176. The van der Waals surface area contributed by atoms with Crippen LogP contribution >= 0.6 is 12.2 Å². The molecule has 0 saturated heterocycles. The van der Waals surface area contributed by atoms with E-state index in [0.717, 1.165) is 12.2 Å². The van der Waals surface area contributed by atoms with Gasteiger partial charge in [-0.3, -0.25) is 25.8 Å². The highest BCUT2D eigenvalue weighted by Gasteiger charge is 2.07. The molecule has 2 amide bonds. The summed E-state index contributed by atoms with van der Waals surface area (Å²) in [6, 6.07) is 6.41. The molecule has 1 aromatic rings. The van der Waals surface area contributed by atoms with Crippen molar-refractivity contribution < 1.29 is 23.9 Å². The van der Waals surface area contributed by atoms with Gasteiger partial charge < -0.3 is 9.47 Å². The van der Waals surface area contributed by atoms with E-state index in [1.165, 1.54) is 0 Å². The van der Waals surface area contributed by atoms with Gasteiger partial charge in [-0.2, -0.15) is 0 Å². The maximum Gasteiger partial charge on any atom is 0.330 e. The molecule has 0 unspecified atom stereocenters. The van der Waals surface area contributed by atoms with E-state index in [4.69, 9.17) is 17.0 Å². The number of hydrogen-bond donors (Lipinski definition) is 3. The van der Waals surface area contributed by atoms with Crippen molar-refractivity contribution in [2.75, 3.05) is 13.2 Å². The number of ether oxygens (including phenoxy) is 2. The van der Waals surface area contributed by atoms with Crippen LogP contribution in [-0.4, -0.2) is 36.1 Å². The quantitative estimate of drug-likeness (QED) is 0.214. The van der Waals surface area contributed by atoms with E-state index >= 15 is 0 Å². The third kappa shape index (κ3) is 8.06. The zero-order valence-electron chi connectivity index (χ0n) is 14.1. The number of benzene rings is 1. The van der Waals surface area contributed by atoms with E-state index in [-0.39, 0.29) is 11.7 Å².